The number of rotatable bonds is 3. The second kappa shape index (κ2) is 6.32. The summed E-state index contributed by atoms with van der Waals surface area (Å²) in [5, 5.41) is 25.1. The fourth-order valence-corrected chi connectivity index (χ4v) is 4.73. The van der Waals surface area contributed by atoms with E-state index < -0.39 is 12.2 Å². The first-order valence-electron chi connectivity index (χ1n) is 9.65. The standard InChI is InChI=1S/C21H24N4O2/c1-12-10-17(19(27)18(12)26)25-9-8-15-20(22-11-23-21(15)25)24-16-7-6-13-4-2-3-5-14(13)16/h2-5,8-9,11-12,16-19,26-27H,6-7,10H2,1H3,(H,22,23,24)/t12-,16-,17+,18+,19-/m0/s1. The summed E-state index contributed by atoms with van der Waals surface area (Å²) < 4.78 is 1.99. The SMILES string of the molecule is C[C@H]1C[C@@H](n2ccc3c(N[C@H]4CCc5ccccc54)ncnc32)[C@H](O)[C@@H]1O. The van der Waals surface area contributed by atoms with Gasteiger partial charge in [-0.05, 0) is 42.4 Å². The largest absolute Gasteiger partial charge is 0.390 e. The quantitative estimate of drug-likeness (QED) is 0.666. The first kappa shape index (κ1) is 16.7. The molecule has 0 spiro atoms. The van der Waals surface area contributed by atoms with E-state index in [1.807, 2.05) is 23.8 Å². The Balaban J connectivity index is 1.48. The highest BCUT2D eigenvalue weighted by Crippen LogP contribution is 2.38. The summed E-state index contributed by atoms with van der Waals surface area (Å²) in [5.41, 5.74) is 3.53. The van der Waals surface area contributed by atoms with Gasteiger partial charge in [0.25, 0.3) is 0 Å². The molecule has 2 aromatic heterocycles. The maximum absolute atomic E-state index is 10.4. The van der Waals surface area contributed by atoms with Crippen molar-refractivity contribution in [3.63, 3.8) is 0 Å². The van der Waals surface area contributed by atoms with Crippen LogP contribution in [0.5, 0.6) is 0 Å². The summed E-state index contributed by atoms with van der Waals surface area (Å²) in [6.45, 7) is 1.97. The number of anilines is 1. The highest BCUT2D eigenvalue weighted by Gasteiger charge is 2.40. The minimum Gasteiger partial charge on any atom is -0.390 e. The van der Waals surface area contributed by atoms with Crippen molar-refractivity contribution in [3.05, 3.63) is 54.0 Å². The number of aryl methyl sites for hydroxylation is 1. The number of nitrogens with zero attached hydrogens (tertiary/aromatic N) is 3. The summed E-state index contributed by atoms with van der Waals surface area (Å²) in [6, 6.07) is 10.6. The minimum absolute atomic E-state index is 0.0665. The van der Waals surface area contributed by atoms with Gasteiger partial charge in [0.05, 0.1) is 23.6 Å². The summed E-state index contributed by atoms with van der Waals surface area (Å²) in [7, 11) is 0. The van der Waals surface area contributed by atoms with Crippen LogP contribution in [-0.4, -0.2) is 37.0 Å². The van der Waals surface area contributed by atoms with E-state index in [2.05, 4.69) is 39.6 Å². The monoisotopic (exact) mass is 364 g/mol. The van der Waals surface area contributed by atoms with Crippen molar-refractivity contribution in [1.29, 1.82) is 0 Å². The van der Waals surface area contributed by atoms with Crippen molar-refractivity contribution in [2.24, 2.45) is 5.92 Å². The molecule has 0 aliphatic heterocycles. The van der Waals surface area contributed by atoms with Crippen LogP contribution in [0, 0.1) is 5.92 Å². The molecule has 5 atom stereocenters. The molecule has 3 N–H and O–H groups in total. The Hall–Kier alpha value is -2.44. The van der Waals surface area contributed by atoms with Crippen molar-refractivity contribution in [2.75, 3.05) is 5.32 Å². The molecule has 2 aliphatic rings. The van der Waals surface area contributed by atoms with Gasteiger partial charge in [0.2, 0.25) is 0 Å². The third-order valence-corrected chi connectivity index (χ3v) is 6.25. The molecule has 0 saturated heterocycles. The Morgan fingerprint density at radius 3 is 2.78 bits per heavy atom. The van der Waals surface area contributed by atoms with Gasteiger partial charge in [-0.25, -0.2) is 9.97 Å². The second-order valence-electron chi connectivity index (χ2n) is 7.88. The van der Waals surface area contributed by atoms with Gasteiger partial charge in [-0.15, -0.1) is 0 Å². The van der Waals surface area contributed by atoms with Gasteiger partial charge in [0.15, 0.2) is 0 Å². The van der Waals surface area contributed by atoms with E-state index in [0.29, 0.717) is 0 Å². The van der Waals surface area contributed by atoms with Crippen LogP contribution in [-0.2, 0) is 6.42 Å². The van der Waals surface area contributed by atoms with Crippen molar-refractivity contribution < 1.29 is 10.2 Å². The first-order chi connectivity index (χ1) is 13.1. The number of aromatic nitrogens is 3. The van der Waals surface area contributed by atoms with Gasteiger partial charge in [0.1, 0.15) is 23.9 Å². The average molecular weight is 364 g/mol. The number of nitrogens with one attached hydrogen (secondary N) is 1. The molecular formula is C21H24N4O2. The van der Waals surface area contributed by atoms with Crippen LogP contribution in [0.4, 0.5) is 5.82 Å². The number of fused-ring (bicyclic) bond motifs is 2. The number of aliphatic hydroxyl groups excluding tert-OH is 2. The van der Waals surface area contributed by atoms with Gasteiger partial charge in [-0.1, -0.05) is 31.2 Å². The van der Waals surface area contributed by atoms with Gasteiger partial charge in [-0.2, -0.15) is 0 Å². The molecule has 3 aromatic rings. The number of hydrogen-bond donors (Lipinski definition) is 3. The van der Waals surface area contributed by atoms with Gasteiger partial charge in [0, 0.05) is 6.20 Å². The normalized spacial score (nSPS) is 30.0. The van der Waals surface area contributed by atoms with Crippen LogP contribution in [0.25, 0.3) is 11.0 Å². The smallest absolute Gasteiger partial charge is 0.145 e. The Labute approximate surface area is 157 Å². The predicted octanol–water partition coefficient (Wildman–Crippen LogP) is 2.83. The molecular weight excluding hydrogens is 340 g/mol. The third-order valence-electron chi connectivity index (χ3n) is 6.25. The van der Waals surface area contributed by atoms with E-state index >= 15 is 0 Å². The molecule has 140 valence electrons. The second-order valence-corrected chi connectivity index (χ2v) is 7.88. The van der Waals surface area contributed by atoms with Gasteiger partial charge < -0.3 is 20.1 Å². The zero-order valence-corrected chi connectivity index (χ0v) is 15.3. The Morgan fingerprint density at radius 1 is 1.11 bits per heavy atom. The maximum atomic E-state index is 10.4. The predicted molar refractivity (Wildman–Crippen MR) is 103 cm³/mol. The van der Waals surface area contributed by atoms with E-state index in [1.165, 1.54) is 11.1 Å². The molecule has 2 heterocycles. The highest BCUT2D eigenvalue weighted by atomic mass is 16.3. The van der Waals surface area contributed by atoms with Crippen LogP contribution in [0.1, 0.15) is 43.0 Å². The van der Waals surface area contributed by atoms with E-state index in [9.17, 15) is 10.2 Å². The fourth-order valence-electron chi connectivity index (χ4n) is 4.73. The number of hydrogen-bond acceptors (Lipinski definition) is 5. The number of benzene rings is 1. The molecule has 0 unspecified atom stereocenters. The van der Waals surface area contributed by atoms with Crippen LogP contribution >= 0.6 is 0 Å². The molecule has 5 rings (SSSR count). The zero-order chi connectivity index (χ0) is 18.5. The van der Waals surface area contributed by atoms with Gasteiger partial charge in [-0.3, -0.25) is 0 Å². The zero-order valence-electron chi connectivity index (χ0n) is 15.3. The van der Waals surface area contributed by atoms with E-state index in [-0.39, 0.29) is 18.0 Å². The lowest BCUT2D eigenvalue weighted by Gasteiger charge is -2.19. The third kappa shape index (κ3) is 2.63. The Kier molecular flexibility index (Phi) is 3.91. The molecule has 1 fully saturated rings. The average Bonchev–Trinajstić information content (AvgIpc) is 3.36. The topological polar surface area (TPSA) is 83.2 Å². The molecule has 0 radical (unpaired) electrons. The first-order valence-corrected chi connectivity index (χ1v) is 9.65. The fraction of sp³-hybridized carbons (Fsp3) is 0.429. The molecule has 2 aliphatic carbocycles. The molecule has 1 saturated carbocycles. The molecule has 1 aromatic carbocycles. The summed E-state index contributed by atoms with van der Waals surface area (Å²) in [4.78, 5) is 8.95. The molecule has 6 nitrogen and oxygen atoms in total. The van der Waals surface area contributed by atoms with Gasteiger partial charge >= 0.3 is 0 Å². The van der Waals surface area contributed by atoms with E-state index in [4.69, 9.17) is 0 Å². The Bertz CT molecular complexity index is 985. The lowest BCUT2D eigenvalue weighted by molar-refractivity contribution is 0.00971. The molecule has 0 amide bonds. The maximum Gasteiger partial charge on any atom is 0.145 e. The van der Waals surface area contributed by atoms with Crippen molar-refractivity contribution in [3.8, 4) is 0 Å². The van der Waals surface area contributed by atoms with Crippen molar-refractivity contribution >= 4 is 16.9 Å². The number of aliphatic hydroxyl groups is 2. The Morgan fingerprint density at radius 2 is 1.96 bits per heavy atom. The lowest BCUT2D eigenvalue weighted by Crippen LogP contribution is -2.28. The van der Waals surface area contributed by atoms with Crippen LogP contribution in [0.3, 0.4) is 0 Å². The van der Waals surface area contributed by atoms with Crippen LogP contribution in [0.15, 0.2) is 42.9 Å². The molecule has 0 bridgehead atoms. The summed E-state index contributed by atoms with van der Waals surface area (Å²) in [6.07, 6.45) is 4.92. The molecule has 6 heteroatoms. The highest BCUT2D eigenvalue weighted by molar-refractivity contribution is 5.87. The van der Waals surface area contributed by atoms with Crippen LogP contribution < -0.4 is 5.32 Å². The van der Waals surface area contributed by atoms with Crippen LogP contribution in [0.2, 0.25) is 0 Å². The molecule has 27 heavy (non-hydrogen) atoms. The van der Waals surface area contributed by atoms with E-state index in [0.717, 1.165) is 36.1 Å². The van der Waals surface area contributed by atoms with Crippen molar-refractivity contribution in [1.82, 2.24) is 14.5 Å². The summed E-state index contributed by atoms with van der Waals surface area (Å²) >= 11 is 0. The minimum atomic E-state index is -0.774. The van der Waals surface area contributed by atoms with Crippen molar-refractivity contribution in [2.45, 2.75) is 50.5 Å². The summed E-state index contributed by atoms with van der Waals surface area (Å²) in [5.74, 6) is 0.887. The van der Waals surface area contributed by atoms with E-state index in [1.54, 1.807) is 6.33 Å². The lowest BCUT2D eigenvalue weighted by atomic mass is 10.1.